The van der Waals surface area contributed by atoms with E-state index in [1.165, 1.54) is 11.1 Å². The van der Waals surface area contributed by atoms with Crippen LogP contribution in [0, 0.1) is 6.92 Å². The van der Waals surface area contributed by atoms with Crippen LogP contribution in [0.5, 0.6) is 0 Å². The highest BCUT2D eigenvalue weighted by atomic mass is 15.3. The Kier molecular flexibility index (Phi) is 4.32. The number of para-hydroxylation sites is 1. The van der Waals surface area contributed by atoms with Crippen LogP contribution < -0.4 is 0 Å². The summed E-state index contributed by atoms with van der Waals surface area (Å²) >= 11 is 0. The van der Waals surface area contributed by atoms with E-state index < -0.39 is 0 Å². The molecule has 0 unspecified atom stereocenters. The Morgan fingerprint density at radius 1 is 0.875 bits per heavy atom. The van der Waals surface area contributed by atoms with Crippen LogP contribution in [-0.4, -0.2) is 45.9 Å². The molecule has 0 bridgehead atoms. The number of aromatic nitrogens is 2. The fourth-order valence-electron chi connectivity index (χ4n) is 3.53. The van der Waals surface area contributed by atoms with Crippen LogP contribution >= 0.6 is 0 Å². The molecule has 1 fully saturated rings. The number of benzene rings is 2. The molecule has 1 saturated heterocycles. The Balaban J connectivity index is 1.37. The monoisotopic (exact) mass is 320 g/mol. The van der Waals surface area contributed by atoms with Crippen molar-refractivity contribution in [1.29, 1.82) is 0 Å². The van der Waals surface area contributed by atoms with Gasteiger partial charge in [-0.05, 0) is 24.1 Å². The topological polar surface area (TPSA) is 35.2 Å². The second kappa shape index (κ2) is 6.75. The van der Waals surface area contributed by atoms with Gasteiger partial charge in [0.25, 0.3) is 0 Å². The van der Waals surface area contributed by atoms with E-state index in [9.17, 15) is 0 Å². The average molecular weight is 320 g/mol. The summed E-state index contributed by atoms with van der Waals surface area (Å²) in [7, 11) is 0. The quantitative estimate of drug-likeness (QED) is 0.802. The van der Waals surface area contributed by atoms with Crippen molar-refractivity contribution in [3.8, 4) is 0 Å². The van der Waals surface area contributed by atoms with E-state index in [0.717, 1.165) is 56.1 Å². The van der Waals surface area contributed by atoms with Crippen molar-refractivity contribution in [3.05, 3.63) is 65.5 Å². The van der Waals surface area contributed by atoms with Gasteiger partial charge in [-0.2, -0.15) is 0 Å². The third-order valence-corrected chi connectivity index (χ3v) is 4.82. The van der Waals surface area contributed by atoms with Crippen molar-refractivity contribution < 1.29 is 0 Å². The highest BCUT2D eigenvalue weighted by Gasteiger charge is 2.18. The van der Waals surface area contributed by atoms with Crippen molar-refractivity contribution >= 4 is 11.0 Å². The number of hydrogen-bond acceptors (Lipinski definition) is 3. The average Bonchev–Trinajstić information content (AvgIpc) is 2.99. The van der Waals surface area contributed by atoms with Gasteiger partial charge in [0.15, 0.2) is 0 Å². The molecule has 0 aliphatic carbocycles. The van der Waals surface area contributed by atoms with E-state index in [1.807, 2.05) is 6.92 Å². The molecule has 0 radical (unpaired) electrons. The fraction of sp³-hybridized carbons (Fsp3) is 0.350. The van der Waals surface area contributed by atoms with Gasteiger partial charge in [0.2, 0.25) is 0 Å². The van der Waals surface area contributed by atoms with Crippen LogP contribution in [0.15, 0.2) is 48.5 Å². The Morgan fingerprint density at radius 2 is 1.58 bits per heavy atom. The number of nitrogens with one attached hydrogen (secondary N) is 1. The second-order valence-electron chi connectivity index (χ2n) is 6.67. The molecule has 4 heteroatoms. The normalized spacial score (nSPS) is 16.7. The van der Waals surface area contributed by atoms with Gasteiger partial charge in [-0.25, -0.2) is 4.98 Å². The van der Waals surface area contributed by atoms with Gasteiger partial charge in [-0.3, -0.25) is 9.80 Å². The molecule has 2 aromatic carbocycles. The minimum Gasteiger partial charge on any atom is -0.342 e. The summed E-state index contributed by atoms with van der Waals surface area (Å²) in [5, 5.41) is 0. The SMILES string of the molecule is Cc1nc2c(CN3CCN(Cc4ccccc4)CC3)cccc2[nH]1. The van der Waals surface area contributed by atoms with Gasteiger partial charge >= 0.3 is 0 Å². The number of rotatable bonds is 4. The maximum atomic E-state index is 4.66. The predicted molar refractivity (Wildman–Crippen MR) is 97.8 cm³/mol. The minimum atomic E-state index is 0.987. The maximum absolute atomic E-state index is 4.66. The number of H-pyrrole nitrogens is 1. The summed E-state index contributed by atoms with van der Waals surface area (Å²) in [6.45, 7) is 8.56. The number of aryl methyl sites for hydroxylation is 1. The standard InChI is InChI=1S/C20H24N4/c1-16-21-19-9-5-8-18(20(19)22-16)15-24-12-10-23(11-13-24)14-17-6-3-2-4-7-17/h2-9H,10-15H2,1H3,(H,21,22). The third kappa shape index (κ3) is 3.35. The molecular weight excluding hydrogens is 296 g/mol. The van der Waals surface area contributed by atoms with E-state index >= 15 is 0 Å². The number of hydrogen-bond donors (Lipinski definition) is 1. The van der Waals surface area contributed by atoms with E-state index in [2.05, 4.69) is 68.3 Å². The van der Waals surface area contributed by atoms with Crippen molar-refractivity contribution in [2.45, 2.75) is 20.0 Å². The lowest BCUT2D eigenvalue weighted by atomic mass is 10.1. The number of aromatic amines is 1. The number of piperazine rings is 1. The van der Waals surface area contributed by atoms with Gasteiger partial charge in [0.05, 0.1) is 11.0 Å². The molecular formula is C20H24N4. The van der Waals surface area contributed by atoms with Gasteiger partial charge in [-0.15, -0.1) is 0 Å². The van der Waals surface area contributed by atoms with E-state index in [4.69, 9.17) is 0 Å². The van der Waals surface area contributed by atoms with E-state index in [0.29, 0.717) is 0 Å². The molecule has 0 atom stereocenters. The van der Waals surface area contributed by atoms with Crippen LogP contribution in [0.2, 0.25) is 0 Å². The molecule has 0 saturated carbocycles. The molecule has 24 heavy (non-hydrogen) atoms. The molecule has 4 rings (SSSR count). The summed E-state index contributed by atoms with van der Waals surface area (Å²) in [6.07, 6.45) is 0. The van der Waals surface area contributed by atoms with Crippen LogP contribution in [0.25, 0.3) is 11.0 Å². The van der Waals surface area contributed by atoms with Crippen molar-refractivity contribution in [2.75, 3.05) is 26.2 Å². The van der Waals surface area contributed by atoms with Gasteiger partial charge < -0.3 is 4.98 Å². The molecule has 1 N–H and O–H groups in total. The molecule has 2 heterocycles. The zero-order valence-electron chi connectivity index (χ0n) is 14.2. The van der Waals surface area contributed by atoms with Gasteiger partial charge in [-0.1, -0.05) is 42.5 Å². The largest absolute Gasteiger partial charge is 0.342 e. The zero-order chi connectivity index (χ0) is 16.4. The Morgan fingerprint density at radius 3 is 2.33 bits per heavy atom. The molecule has 1 aliphatic heterocycles. The second-order valence-corrected chi connectivity index (χ2v) is 6.67. The molecule has 1 aliphatic rings. The summed E-state index contributed by atoms with van der Waals surface area (Å²) in [5.41, 5.74) is 5.01. The molecule has 0 spiro atoms. The smallest absolute Gasteiger partial charge is 0.104 e. The highest BCUT2D eigenvalue weighted by Crippen LogP contribution is 2.19. The molecule has 3 aromatic rings. The molecule has 0 amide bonds. The summed E-state index contributed by atoms with van der Waals surface area (Å²) < 4.78 is 0. The molecule has 124 valence electrons. The van der Waals surface area contributed by atoms with Crippen LogP contribution in [-0.2, 0) is 13.1 Å². The molecule has 4 nitrogen and oxygen atoms in total. The maximum Gasteiger partial charge on any atom is 0.104 e. The highest BCUT2D eigenvalue weighted by molar-refractivity contribution is 5.78. The van der Waals surface area contributed by atoms with Crippen molar-refractivity contribution in [1.82, 2.24) is 19.8 Å². The third-order valence-electron chi connectivity index (χ3n) is 4.82. The lowest BCUT2D eigenvalue weighted by Crippen LogP contribution is -2.45. The van der Waals surface area contributed by atoms with E-state index in [-0.39, 0.29) is 0 Å². The van der Waals surface area contributed by atoms with Gasteiger partial charge in [0.1, 0.15) is 5.82 Å². The van der Waals surface area contributed by atoms with E-state index in [1.54, 1.807) is 0 Å². The first-order valence-corrected chi connectivity index (χ1v) is 8.71. The van der Waals surface area contributed by atoms with Crippen LogP contribution in [0.1, 0.15) is 17.0 Å². The van der Waals surface area contributed by atoms with Crippen LogP contribution in [0.4, 0.5) is 0 Å². The Bertz CT molecular complexity index is 801. The number of fused-ring (bicyclic) bond motifs is 1. The van der Waals surface area contributed by atoms with Crippen LogP contribution in [0.3, 0.4) is 0 Å². The van der Waals surface area contributed by atoms with Crippen molar-refractivity contribution in [2.24, 2.45) is 0 Å². The summed E-state index contributed by atoms with van der Waals surface area (Å²) in [6, 6.07) is 17.2. The summed E-state index contributed by atoms with van der Waals surface area (Å²) in [4.78, 5) is 13.1. The molecule has 1 aromatic heterocycles. The van der Waals surface area contributed by atoms with Gasteiger partial charge in [0, 0.05) is 39.3 Å². The first kappa shape index (κ1) is 15.4. The lowest BCUT2D eigenvalue weighted by Gasteiger charge is -2.34. The fourth-order valence-corrected chi connectivity index (χ4v) is 3.53. The first-order chi connectivity index (χ1) is 11.8. The Hall–Kier alpha value is -2.17. The first-order valence-electron chi connectivity index (χ1n) is 8.71. The minimum absolute atomic E-state index is 0.987. The Labute approximate surface area is 143 Å². The van der Waals surface area contributed by atoms with Crippen molar-refractivity contribution in [3.63, 3.8) is 0 Å². The number of imidazole rings is 1. The predicted octanol–water partition coefficient (Wildman–Crippen LogP) is 3.19. The number of nitrogens with zero attached hydrogens (tertiary/aromatic N) is 3. The zero-order valence-corrected chi connectivity index (χ0v) is 14.2. The summed E-state index contributed by atoms with van der Waals surface area (Å²) in [5.74, 6) is 0.991. The lowest BCUT2D eigenvalue weighted by molar-refractivity contribution is 0.122.